The van der Waals surface area contributed by atoms with Gasteiger partial charge in [0.25, 0.3) is 5.69 Å². The van der Waals surface area contributed by atoms with E-state index in [1.807, 2.05) is 83.6 Å². The van der Waals surface area contributed by atoms with Crippen LogP contribution in [0.5, 0.6) is 0 Å². The van der Waals surface area contributed by atoms with Gasteiger partial charge >= 0.3 is 0 Å². The highest BCUT2D eigenvalue weighted by Crippen LogP contribution is 2.43. The first kappa shape index (κ1) is 21.1. The van der Waals surface area contributed by atoms with Crippen molar-refractivity contribution in [1.82, 2.24) is 10.2 Å². The van der Waals surface area contributed by atoms with E-state index in [1.165, 1.54) is 17.4 Å². The number of hydrogen-bond acceptors (Lipinski definition) is 9. The molecule has 0 unspecified atom stereocenters. The summed E-state index contributed by atoms with van der Waals surface area (Å²) in [6.07, 6.45) is 0. The van der Waals surface area contributed by atoms with Gasteiger partial charge in [-0.15, -0.1) is 10.2 Å². The molecule has 0 bridgehead atoms. The van der Waals surface area contributed by atoms with Gasteiger partial charge in [0.15, 0.2) is 5.84 Å². The maximum absolute atomic E-state index is 11.5. The largest absolute Gasteiger partial charge is 0.269 e. The molecule has 1 aromatic heterocycles. The molecule has 3 aromatic carbocycles. The fourth-order valence-corrected chi connectivity index (χ4v) is 5.11. The molecule has 2 aliphatic rings. The topological polar surface area (TPSA) is 100 Å². The van der Waals surface area contributed by atoms with Gasteiger partial charge in [0.05, 0.1) is 10.6 Å². The number of para-hydroxylation sites is 1. The van der Waals surface area contributed by atoms with Gasteiger partial charge in [0.1, 0.15) is 22.9 Å². The van der Waals surface area contributed by atoms with Crippen molar-refractivity contribution in [3.8, 4) is 0 Å². The monoisotopic (exact) mass is 481 g/mol. The molecule has 35 heavy (non-hydrogen) atoms. The second kappa shape index (κ2) is 8.41. The molecule has 2 aliphatic heterocycles. The van der Waals surface area contributed by atoms with E-state index in [9.17, 15) is 10.1 Å². The van der Waals surface area contributed by atoms with Crippen LogP contribution in [0.1, 0.15) is 22.2 Å². The Morgan fingerprint density at radius 1 is 0.943 bits per heavy atom. The van der Waals surface area contributed by atoms with E-state index in [2.05, 4.69) is 10.2 Å². The lowest BCUT2D eigenvalue weighted by Crippen LogP contribution is -2.35. The Labute approximate surface area is 204 Å². The number of benzene rings is 3. The van der Waals surface area contributed by atoms with E-state index in [0.717, 1.165) is 27.7 Å². The zero-order chi connectivity index (χ0) is 23.9. The molecule has 6 rings (SSSR count). The van der Waals surface area contributed by atoms with Crippen LogP contribution >= 0.6 is 11.3 Å². The van der Waals surface area contributed by atoms with Gasteiger partial charge in [-0.2, -0.15) is 5.10 Å². The SMILES string of the molecule is Cc1nnc(N2C(c3ccccc3)=N[C@H]3C2=NN(c2ccccc2)[C@H]3c2cccc([N+](=O)[O-])c2)s1. The Balaban J connectivity index is 1.53. The van der Waals surface area contributed by atoms with Gasteiger partial charge in [0, 0.05) is 17.7 Å². The number of aromatic nitrogens is 2. The smallest absolute Gasteiger partial charge is 0.258 e. The average molecular weight is 482 g/mol. The first-order valence-corrected chi connectivity index (χ1v) is 11.8. The van der Waals surface area contributed by atoms with Crippen molar-refractivity contribution in [1.29, 1.82) is 0 Å². The summed E-state index contributed by atoms with van der Waals surface area (Å²) in [5, 5.41) is 28.6. The molecule has 0 saturated carbocycles. The third-order valence-electron chi connectivity index (χ3n) is 5.92. The van der Waals surface area contributed by atoms with E-state index < -0.39 is 6.04 Å². The summed E-state index contributed by atoms with van der Waals surface area (Å²) >= 11 is 1.47. The minimum Gasteiger partial charge on any atom is -0.258 e. The normalized spacial score (nSPS) is 18.9. The van der Waals surface area contributed by atoms with Gasteiger partial charge < -0.3 is 0 Å². The lowest BCUT2D eigenvalue weighted by Gasteiger charge is -2.26. The molecular weight excluding hydrogens is 462 g/mol. The zero-order valence-corrected chi connectivity index (χ0v) is 19.4. The first-order chi connectivity index (χ1) is 17.1. The molecule has 0 spiro atoms. The van der Waals surface area contributed by atoms with Crippen molar-refractivity contribution in [2.24, 2.45) is 10.1 Å². The summed E-state index contributed by atoms with van der Waals surface area (Å²) in [6.45, 7) is 1.91. The Morgan fingerprint density at radius 2 is 1.69 bits per heavy atom. The van der Waals surface area contributed by atoms with Crippen LogP contribution in [0, 0.1) is 17.0 Å². The van der Waals surface area contributed by atoms with Gasteiger partial charge in [-0.1, -0.05) is 72.0 Å². The van der Waals surface area contributed by atoms with Crippen LogP contribution in [0.2, 0.25) is 0 Å². The first-order valence-electron chi connectivity index (χ1n) is 11.0. The van der Waals surface area contributed by atoms with Crippen molar-refractivity contribution in [3.05, 3.63) is 111 Å². The van der Waals surface area contributed by atoms with Crippen molar-refractivity contribution < 1.29 is 4.92 Å². The molecule has 0 radical (unpaired) electrons. The van der Waals surface area contributed by atoms with Crippen molar-refractivity contribution in [2.75, 3.05) is 9.91 Å². The number of nitro groups is 1. The second-order valence-electron chi connectivity index (χ2n) is 8.14. The van der Waals surface area contributed by atoms with Gasteiger partial charge in [-0.05, 0) is 24.6 Å². The van der Waals surface area contributed by atoms with Crippen molar-refractivity contribution in [3.63, 3.8) is 0 Å². The quantitative estimate of drug-likeness (QED) is 0.295. The van der Waals surface area contributed by atoms with Gasteiger partial charge in [-0.3, -0.25) is 25.0 Å². The van der Waals surface area contributed by atoms with E-state index >= 15 is 0 Å². The van der Waals surface area contributed by atoms with Crippen molar-refractivity contribution >= 4 is 39.5 Å². The molecule has 3 heterocycles. The summed E-state index contributed by atoms with van der Waals surface area (Å²) < 4.78 is 0. The van der Waals surface area contributed by atoms with E-state index in [1.54, 1.807) is 12.1 Å². The molecule has 172 valence electrons. The van der Waals surface area contributed by atoms with Crippen LogP contribution in [0.3, 0.4) is 0 Å². The number of anilines is 2. The number of hydrazone groups is 1. The van der Waals surface area contributed by atoms with Crippen LogP contribution < -0.4 is 9.91 Å². The molecule has 0 N–H and O–H groups in total. The Morgan fingerprint density at radius 3 is 2.37 bits per heavy atom. The highest BCUT2D eigenvalue weighted by atomic mass is 32.1. The van der Waals surface area contributed by atoms with Gasteiger partial charge in [0.2, 0.25) is 5.13 Å². The van der Waals surface area contributed by atoms with Crippen LogP contribution in [0.4, 0.5) is 16.5 Å². The lowest BCUT2D eigenvalue weighted by molar-refractivity contribution is -0.384. The molecule has 10 heteroatoms. The van der Waals surface area contributed by atoms with E-state index in [0.29, 0.717) is 11.0 Å². The number of rotatable bonds is 5. The fraction of sp³-hybridized carbons (Fsp3) is 0.120. The maximum Gasteiger partial charge on any atom is 0.269 e. The van der Waals surface area contributed by atoms with Crippen LogP contribution in [-0.2, 0) is 0 Å². The summed E-state index contributed by atoms with van der Waals surface area (Å²) in [5.74, 6) is 1.44. The molecular formula is C25H19N7O2S. The fourth-order valence-electron chi connectivity index (χ4n) is 4.41. The molecule has 0 amide bonds. The lowest BCUT2D eigenvalue weighted by atomic mass is 9.98. The third-order valence-corrected chi connectivity index (χ3v) is 6.75. The third kappa shape index (κ3) is 3.64. The summed E-state index contributed by atoms with van der Waals surface area (Å²) in [4.78, 5) is 18.3. The standard InChI is InChI=1S/C25H19N7O2S/c1-16-27-28-25(35-16)30-23(17-9-4-2-5-10-17)26-21-22(18-11-8-14-20(15-18)32(33)34)31(29-24(21)30)19-12-6-3-7-13-19/h2-15,21-22H,1H3/t21-,22+/m1/s1. The summed E-state index contributed by atoms with van der Waals surface area (Å²) in [6, 6.07) is 25.6. The highest BCUT2D eigenvalue weighted by Gasteiger charge is 2.48. The Kier molecular flexibility index (Phi) is 5.07. The van der Waals surface area contributed by atoms with Gasteiger partial charge in [-0.25, -0.2) is 0 Å². The number of aryl methyl sites for hydroxylation is 1. The number of amidine groups is 2. The molecule has 4 aromatic rings. The number of hydrogen-bond donors (Lipinski definition) is 0. The van der Waals surface area contributed by atoms with Crippen molar-refractivity contribution in [2.45, 2.75) is 19.0 Å². The molecule has 2 atom stereocenters. The molecule has 9 nitrogen and oxygen atoms in total. The molecule has 0 fully saturated rings. The predicted molar refractivity (Wildman–Crippen MR) is 136 cm³/mol. The molecule has 0 aliphatic carbocycles. The number of fused-ring (bicyclic) bond motifs is 1. The number of nitro benzene ring substituents is 1. The van der Waals surface area contributed by atoms with Crippen LogP contribution in [0.15, 0.2) is 95.0 Å². The summed E-state index contributed by atoms with van der Waals surface area (Å²) in [5.41, 5.74) is 2.60. The number of nitrogens with zero attached hydrogens (tertiary/aromatic N) is 7. The van der Waals surface area contributed by atoms with Crippen LogP contribution in [0.25, 0.3) is 0 Å². The molecule has 0 saturated heterocycles. The summed E-state index contributed by atoms with van der Waals surface area (Å²) in [7, 11) is 0. The average Bonchev–Trinajstić information content (AvgIpc) is 3.58. The Bertz CT molecular complexity index is 1470. The Hall–Kier alpha value is -4.44. The van der Waals surface area contributed by atoms with E-state index in [-0.39, 0.29) is 16.7 Å². The second-order valence-corrected chi connectivity index (χ2v) is 9.30. The predicted octanol–water partition coefficient (Wildman–Crippen LogP) is 4.97. The zero-order valence-electron chi connectivity index (χ0n) is 18.6. The minimum absolute atomic E-state index is 0.0332. The maximum atomic E-state index is 11.5. The highest BCUT2D eigenvalue weighted by molar-refractivity contribution is 7.15. The van der Waals surface area contributed by atoms with Crippen LogP contribution in [-0.4, -0.2) is 32.8 Å². The number of aliphatic imine (C=N–C) groups is 1. The number of non-ortho nitro benzene ring substituents is 1. The van der Waals surface area contributed by atoms with E-state index in [4.69, 9.17) is 10.1 Å². The minimum atomic E-state index is -0.392.